The molecule has 3 N–H and O–H groups in total. The maximum atomic E-state index is 9.38. The molecular weight excluding hydrogens is 178 g/mol. The second-order valence-electron chi connectivity index (χ2n) is 3.82. The molecule has 2 unspecified atom stereocenters. The molecule has 1 aliphatic heterocycles. The lowest BCUT2D eigenvalue weighted by Crippen LogP contribution is -2.30. The fraction of sp³-hybridized carbons (Fsp3) is 0.455. The lowest BCUT2D eigenvalue weighted by Gasteiger charge is -2.30. The Morgan fingerprint density at radius 2 is 2.36 bits per heavy atom. The number of hydrogen-bond donors (Lipinski definition) is 2. The molecule has 0 aromatic heterocycles. The van der Waals surface area contributed by atoms with E-state index in [1.165, 1.54) is 0 Å². The molecule has 14 heavy (non-hydrogen) atoms. The van der Waals surface area contributed by atoms with Crippen LogP contribution >= 0.6 is 0 Å². The van der Waals surface area contributed by atoms with E-state index in [4.69, 9.17) is 10.5 Å². The molecule has 2 atom stereocenters. The zero-order chi connectivity index (χ0) is 10.1. The van der Waals surface area contributed by atoms with Crippen molar-refractivity contribution < 1.29 is 9.84 Å². The molecule has 0 radical (unpaired) electrons. The van der Waals surface area contributed by atoms with Gasteiger partial charge >= 0.3 is 0 Å². The summed E-state index contributed by atoms with van der Waals surface area (Å²) in [6.07, 6.45) is 0. The van der Waals surface area contributed by atoms with Crippen LogP contribution in [0.15, 0.2) is 18.2 Å². The number of rotatable bonds is 1. The van der Waals surface area contributed by atoms with Crippen molar-refractivity contribution >= 4 is 0 Å². The lowest BCUT2D eigenvalue weighted by molar-refractivity contribution is 0.203. The molecule has 1 aliphatic rings. The third kappa shape index (κ3) is 1.44. The number of hydrogen-bond acceptors (Lipinski definition) is 3. The number of nitrogens with two attached hydrogens (primary N) is 1. The number of phenols is 1. The molecule has 1 heterocycles. The second-order valence-corrected chi connectivity index (χ2v) is 3.82. The average molecular weight is 193 g/mol. The number of fused-ring (bicyclic) bond motifs is 1. The van der Waals surface area contributed by atoms with Crippen LogP contribution in [0.1, 0.15) is 18.4 Å². The first kappa shape index (κ1) is 9.34. The fourth-order valence-corrected chi connectivity index (χ4v) is 1.89. The summed E-state index contributed by atoms with van der Waals surface area (Å²) in [5, 5.41) is 9.38. The van der Waals surface area contributed by atoms with Gasteiger partial charge in [0.2, 0.25) is 0 Å². The average Bonchev–Trinajstić information content (AvgIpc) is 2.20. The van der Waals surface area contributed by atoms with Crippen LogP contribution in [0.25, 0.3) is 0 Å². The van der Waals surface area contributed by atoms with Crippen molar-refractivity contribution in [1.29, 1.82) is 0 Å². The van der Waals surface area contributed by atoms with Crippen LogP contribution < -0.4 is 10.5 Å². The van der Waals surface area contributed by atoms with Crippen LogP contribution in [0, 0.1) is 5.92 Å². The number of phenolic OH excluding ortho intramolecular Hbond substituents is 1. The van der Waals surface area contributed by atoms with Gasteiger partial charge in [0.25, 0.3) is 0 Å². The van der Waals surface area contributed by atoms with Gasteiger partial charge < -0.3 is 15.6 Å². The van der Waals surface area contributed by atoms with Gasteiger partial charge in [-0.2, -0.15) is 0 Å². The first-order chi connectivity index (χ1) is 6.72. The Labute approximate surface area is 83.5 Å². The van der Waals surface area contributed by atoms with Crippen molar-refractivity contribution in [1.82, 2.24) is 0 Å². The van der Waals surface area contributed by atoms with Crippen LogP contribution in [0.4, 0.5) is 0 Å². The monoisotopic (exact) mass is 193 g/mol. The SMILES string of the molecule is CC1c2cc(O)ccc2OCC1CN. The number of aromatic hydroxyl groups is 1. The molecule has 3 heteroatoms. The van der Waals surface area contributed by atoms with Gasteiger partial charge in [-0.3, -0.25) is 0 Å². The smallest absolute Gasteiger partial charge is 0.123 e. The van der Waals surface area contributed by atoms with E-state index in [9.17, 15) is 5.11 Å². The van der Waals surface area contributed by atoms with E-state index in [1.807, 2.05) is 6.07 Å². The van der Waals surface area contributed by atoms with E-state index in [0.29, 0.717) is 25.0 Å². The van der Waals surface area contributed by atoms with E-state index in [0.717, 1.165) is 11.3 Å². The van der Waals surface area contributed by atoms with Crippen molar-refractivity contribution in [3.63, 3.8) is 0 Å². The standard InChI is InChI=1S/C11H15NO2/c1-7-8(5-12)6-14-11-3-2-9(13)4-10(7)11/h2-4,7-8,13H,5-6,12H2,1H3. The summed E-state index contributed by atoms with van der Waals surface area (Å²) in [5.74, 6) is 1.87. The summed E-state index contributed by atoms with van der Waals surface area (Å²) in [5.41, 5.74) is 6.71. The molecule has 0 amide bonds. The predicted molar refractivity (Wildman–Crippen MR) is 54.6 cm³/mol. The van der Waals surface area contributed by atoms with E-state index >= 15 is 0 Å². The summed E-state index contributed by atoms with van der Waals surface area (Å²) < 4.78 is 5.56. The van der Waals surface area contributed by atoms with Crippen molar-refractivity contribution in [2.24, 2.45) is 11.7 Å². The van der Waals surface area contributed by atoms with Crippen molar-refractivity contribution in [3.8, 4) is 11.5 Å². The molecule has 1 aromatic carbocycles. The molecule has 2 rings (SSSR count). The Morgan fingerprint density at radius 1 is 1.57 bits per heavy atom. The zero-order valence-corrected chi connectivity index (χ0v) is 8.23. The highest BCUT2D eigenvalue weighted by Gasteiger charge is 2.26. The molecule has 76 valence electrons. The first-order valence-corrected chi connectivity index (χ1v) is 4.88. The number of benzene rings is 1. The van der Waals surface area contributed by atoms with Gasteiger partial charge in [-0.1, -0.05) is 6.92 Å². The first-order valence-electron chi connectivity index (χ1n) is 4.88. The van der Waals surface area contributed by atoms with Crippen LogP contribution in [-0.4, -0.2) is 18.3 Å². The van der Waals surface area contributed by atoms with E-state index in [1.54, 1.807) is 12.1 Å². The lowest BCUT2D eigenvalue weighted by atomic mass is 9.85. The summed E-state index contributed by atoms with van der Waals surface area (Å²) in [6, 6.07) is 5.23. The summed E-state index contributed by atoms with van der Waals surface area (Å²) in [4.78, 5) is 0. The van der Waals surface area contributed by atoms with E-state index in [-0.39, 0.29) is 5.75 Å². The van der Waals surface area contributed by atoms with Gasteiger partial charge in [0.15, 0.2) is 0 Å². The molecule has 0 fully saturated rings. The van der Waals surface area contributed by atoms with Gasteiger partial charge in [0.05, 0.1) is 6.61 Å². The highest BCUT2D eigenvalue weighted by Crippen LogP contribution is 2.38. The van der Waals surface area contributed by atoms with Crippen LogP contribution in [-0.2, 0) is 0 Å². The summed E-state index contributed by atoms with van der Waals surface area (Å²) in [6.45, 7) is 3.42. The maximum Gasteiger partial charge on any atom is 0.123 e. The van der Waals surface area contributed by atoms with Crippen molar-refractivity contribution in [3.05, 3.63) is 23.8 Å². The Morgan fingerprint density at radius 3 is 3.07 bits per heavy atom. The van der Waals surface area contributed by atoms with Crippen LogP contribution in [0.5, 0.6) is 11.5 Å². The molecule has 0 saturated heterocycles. The minimum absolute atomic E-state index is 0.289. The minimum atomic E-state index is 0.289. The molecule has 3 nitrogen and oxygen atoms in total. The van der Waals surface area contributed by atoms with Gasteiger partial charge in [0.1, 0.15) is 11.5 Å². The minimum Gasteiger partial charge on any atom is -0.508 e. The number of ether oxygens (including phenoxy) is 1. The largest absolute Gasteiger partial charge is 0.508 e. The van der Waals surface area contributed by atoms with Gasteiger partial charge in [0, 0.05) is 11.5 Å². The van der Waals surface area contributed by atoms with Gasteiger partial charge in [-0.05, 0) is 30.7 Å². The Hall–Kier alpha value is -1.22. The van der Waals surface area contributed by atoms with Crippen LogP contribution in [0.2, 0.25) is 0 Å². The van der Waals surface area contributed by atoms with Gasteiger partial charge in [-0.25, -0.2) is 0 Å². The third-order valence-electron chi connectivity index (χ3n) is 2.95. The topological polar surface area (TPSA) is 55.5 Å². The second kappa shape index (κ2) is 3.50. The van der Waals surface area contributed by atoms with Gasteiger partial charge in [-0.15, -0.1) is 0 Å². The molecule has 0 spiro atoms. The highest BCUT2D eigenvalue weighted by molar-refractivity contribution is 5.43. The van der Waals surface area contributed by atoms with Crippen molar-refractivity contribution in [2.75, 3.05) is 13.2 Å². The molecule has 1 aromatic rings. The Kier molecular flexibility index (Phi) is 2.33. The predicted octanol–water partition coefficient (Wildman–Crippen LogP) is 1.46. The third-order valence-corrected chi connectivity index (χ3v) is 2.95. The summed E-state index contributed by atoms with van der Waals surface area (Å²) >= 11 is 0. The normalized spacial score (nSPS) is 25.3. The zero-order valence-electron chi connectivity index (χ0n) is 8.23. The quantitative estimate of drug-likeness (QED) is 0.710. The van der Waals surface area contributed by atoms with E-state index < -0.39 is 0 Å². The Bertz CT molecular complexity index is 338. The molecule has 0 aliphatic carbocycles. The van der Waals surface area contributed by atoms with E-state index in [2.05, 4.69) is 6.92 Å². The molecule has 0 saturated carbocycles. The maximum absolute atomic E-state index is 9.38. The summed E-state index contributed by atoms with van der Waals surface area (Å²) in [7, 11) is 0. The molecular formula is C11H15NO2. The fourth-order valence-electron chi connectivity index (χ4n) is 1.89. The van der Waals surface area contributed by atoms with Crippen LogP contribution in [0.3, 0.4) is 0 Å². The Balaban J connectivity index is 2.38. The molecule has 0 bridgehead atoms. The highest BCUT2D eigenvalue weighted by atomic mass is 16.5. The van der Waals surface area contributed by atoms with Crippen molar-refractivity contribution in [2.45, 2.75) is 12.8 Å².